The molecule has 0 saturated heterocycles. The van der Waals surface area contributed by atoms with Crippen LogP contribution in [0.3, 0.4) is 0 Å². The molecule has 0 radical (unpaired) electrons. The fourth-order valence-electron chi connectivity index (χ4n) is 4.07. The number of hydrogen-bond acceptors (Lipinski definition) is 2. The predicted molar refractivity (Wildman–Crippen MR) is 127 cm³/mol. The topological polar surface area (TPSA) is 74.0 Å². The molecule has 1 fully saturated rings. The lowest BCUT2D eigenvalue weighted by Crippen LogP contribution is -2.28. The Kier molecular flexibility index (Phi) is 5.46. The number of aromatic nitrogens is 1. The lowest BCUT2D eigenvalue weighted by atomic mass is 9.91. The van der Waals surface area contributed by atoms with E-state index in [9.17, 15) is 9.59 Å². The normalized spacial score (nSPS) is 14.1. The summed E-state index contributed by atoms with van der Waals surface area (Å²) in [6.45, 7) is 0.477. The van der Waals surface area contributed by atoms with Crippen molar-refractivity contribution in [3.8, 4) is 0 Å². The summed E-state index contributed by atoms with van der Waals surface area (Å²) in [5.74, 6) is 0.100. The summed E-state index contributed by atoms with van der Waals surface area (Å²) in [6.07, 6.45) is 3.96. The van der Waals surface area contributed by atoms with Crippen molar-refractivity contribution in [2.24, 2.45) is 5.92 Å². The van der Waals surface area contributed by atoms with E-state index in [4.69, 9.17) is 0 Å². The smallest absolute Gasteiger partial charge is 0.251 e. The van der Waals surface area contributed by atoms with E-state index in [1.54, 1.807) is 24.3 Å². The highest BCUT2D eigenvalue weighted by molar-refractivity contribution is 5.97. The number of anilines is 1. The molecule has 1 atom stereocenters. The highest BCUT2D eigenvalue weighted by atomic mass is 16.2. The van der Waals surface area contributed by atoms with Gasteiger partial charge >= 0.3 is 0 Å². The van der Waals surface area contributed by atoms with E-state index in [2.05, 4.69) is 39.9 Å². The molecule has 5 nitrogen and oxygen atoms in total. The summed E-state index contributed by atoms with van der Waals surface area (Å²) in [7, 11) is 0. The average Bonchev–Trinajstić information content (AvgIpc) is 3.61. The van der Waals surface area contributed by atoms with Crippen molar-refractivity contribution in [2.75, 3.05) is 11.9 Å². The molecule has 0 bridgehead atoms. The molecule has 1 saturated carbocycles. The van der Waals surface area contributed by atoms with Gasteiger partial charge in [-0.2, -0.15) is 0 Å². The van der Waals surface area contributed by atoms with Crippen LogP contribution >= 0.6 is 0 Å². The van der Waals surface area contributed by atoms with E-state index in [0.29, 0.717) is 12.1 Å². The average molecular weight is 424 g/mol. The third-order valence-corrected chi connectivity index (χ3v) is 6.03. The summed E-state index contributed by atoms with van der Waals surface area (Å²) < 4.78 is 0. The number of aromatic amines is 1. The lowest BCUT2D eigenvalue weighted by molar-refractivity contribution is -0.117. The molecule has 5 heteroatoms. The van der Waals surface area contributed by atoms with Gasteiger partial charge in [0.2, 0.25) is 5.91 Å². The Bertz CT molecular complexity index is 1240. The van der Waals surface area contributed by atoms with Crippen molar-refractivity contribution in [1.29, 1.82) is 0 Å². The van der Waals surface area contributed by atoms with Crippen molar-refractivity contribution in [2.45, 2.75) is 18.8 Å². The van der Waals surface area contributed by atoms with E-state index in [1.165, 1.54) is 0 Å². The molecule has 1 aliphatic rings. The zero-order valence-corrected chi connectivity index (χ0v) is 17.7. The SMILES string of the molecule is O=C(NCC(c1ccccc1)c1c[nH]c2ccccc12)c1ccc(NC(=O)C2CC2)cc1. The summed E-state index contributed by atoms with van der Waals surface area (Å²) in [5, 5.41) is 7.16. The second-order valence-corrected chi connectivity index (χ2v) is 8.30. The Morgan fingerprint density at radius 3 is 2.38 bits per heavy atom. The highest BCUT2D eigenvalue weighted by Gasteiger charge is 2.29. The maximum atomic E-state index is 12.9. The van der Waals surface area contributed by atoms with Gasteiger partial charge in [-0.15, -0.1) is 0 Å². The fraction of sp³-hybridized carbons (Fsp3) is 0.185. The molecule has 5 rings (SSSR count). The molecule has 0 spiro atoms. The zero-order valence-electron chi connectivity index (χ0n) is 17.7. The Balaban J connectivity index is 1.32. The second-order valence-electron chi connectivity index (χ2n) is 8.30. The van der Waals surface area contributed by atoms with Crippen molar-refractivity contribution < 1.29 is 9.59 Å². The largest absolute Gasteiger partial charge is 0.361 e. The first-order valence-corrected chi connectivity index (χ1v) is 11.0. The van der Waals surface area contributed by atoms with Gasteiger partial charge in [-0.25, -0.2) is 0 Å². The minimum absolute atomic E-state index is 0.0217. The van der Waals surface area contributed by atoms with Crippen molar-refractivity contribution in [3.63, 3.8) is 0 Å². The Hall–Kier alpha value is -3.86. The highest BCUT2D eigenvalue weighted by Crippen LogP contribution is 2.31. The Morgan fingerprint density at radius 2 is 1.62 bits per heavy atom. The molecule has 32 heavy (non-hydrogen) atoms. The van der Waals surface area contributed by atoms with Gasteiger partial charge in [0, 0.05) is 46.7 Å². The molecular weight excluding hydrogens is 398 g/mol. The quantitative estimate of drug-likeness (QED) is 0.388. The van der Waals surface area contributed by atoms with Crippen molar-refractivity contribution >= 4 is 28.4 Å². The van der Waals surface area contributed by atoms with Crippen LogP contribution in [0.5, 0.6) is 0 Å². The standard InChI is InChI=1S/C27H25N3O2/c31-26(19-12-14-21(15-13-19)30-27(32)20-10-11-20)29-16-23(18-6-2-1-3-7-18)24-17-28-25-9-5-4-8-22(24)25/h1-9,12-15,17,20,23,28H,10-11,16H2,(H,29,31)(H,30,32). The number of benzene rings is 3. The molecule has 1 aromatic heterocycles. The maximum Gasteiger partial charge on any atom is 0.251 e. The van der Waals surface area contributed by atoms with Gasteiger partial charge in [-0.1, -0.05) is 48.5 Å². The van der Waals surface area contributed by atoms with E-state index in [0.717, 1.165) is 40.6 Å². The molecule has 3 aromatic carbocycles. The van der Waals surface area contributed by atoms with Crippen LogP contribution in [0.25, 0.3) is 10.9 Å². The summed E-state index contributed by atoms with van der Waals surface area (Å²) in [5.41, 5.74) is 4.68. The number of para-hydroxylation sites is 1. The Labute approximate surface area is 186 Å². The van der Waals surface area contributed by atoms with Crippen molar-refractivity contribution in [1.82, 2.24) is 10.3 Å². The monoisotopic (exact) mass is 423 g/mol. The van der Waals surface area contributed by atoms with Crippen LogP contribution in [0.2, 0.25) is 0 Å². The molecule has 4 aromatic rings. The van der Waals surface area contributed by atoms with Gasteiger partial charge < -0.3 is 15.6 Å². The molecular formula is C27H25N3O2. The van der Waals surface area contributed by atoms with Crippen LogP contribution < -0.4 is 10.6 Å². The number of rotatable bonds is 7. The maximum absolute atomic E-state index is 12.9. The minimum Gasteiger partial charge on any atom is -0.361 e. The third kappa shape index (κ3) is 4.28. The van der Waals surface area contributed by atoms with Crippen LogP contribution in [-0.2, 0) is 4.79 Å². The fourth-order valence-corrected chi connectivity index (χ4v) is 4.07. The van der Waals surface area contributed by atoms with Gasteiger partial charge in [-0.05, 0) is 54.3 Å². The second kappa shape index (κ2) is 8.71. The number of H-pyrrole nitrogens is 1. The van der Waals surface area contributed by atoms with E-state index in [1.807, 2.05) is 36.5 Å². The molecule has 160 valence electrons. The minimum atomic E-state index is -0.133. The summed E-state index contributed by atoms with van der Waals surface area (Å²) in [6, 6.07) is 25.5. The van der Waals surface area contributed by atoms with Crippen LogP contribution in [0.15, 0.2) is 85.1 Å². The summed E-state index contributed by atoms with van der Waals surface area (Å²) in [4.78, 5) is 28.1. The van der Waals surface area contributed by atoms with Gasteiger partial charge in [0.15, 0.2) is 0 Å². The van der Waals surface area contributed by atoms with Crippen LogP contribution in [0.1, 0.15) is 40.2 Å². The Morgan fingerprint density at radius 1 is 0.906 bits per heavy atom. The number of hydrogen-bond donors (Lipinski definition) is 3. The van der Waals surface area contributed by atoms with Gasteiger partial charge in [0.25, 0.3) is 5.91 Å². The van der Waals surface area contributed by atoms with Crippen LogP contribution in [0.4, 0.5) is 5.69 Å². The van der Waals surface area contributed by atoms with E-state index < -0.39 is 0 Å². The van der Waals surface area contributed by atoms with Gasteiger partial charge in [0.05, 0.1) is 0 Å². The molecule has 1 unspecified atom stereocenters. The number of carbonyl (C=O) groups is 2. The van der Waals surface area contributed by atoms with Crippen LogP contribution in [-0.4, -0.2) is 23.3 Å². The predicted octanol–water partition coefficient (Wildman–Crippen LogP) is 5.08. The van der Waals surface area contributed by atoms with Crippen LogP contribution in [0, 0.1) is 5.92 Å². The number of nitrogens with one attached hydrogen (secondary N) is 3. The number of amides is 2. The molecule has 1 aliphatic carbocycles. The first-order chi connectivity index (χ1) is 15.7. The van der Waals surface area contributed by atoms with Gasteiger partial charge in [0.1, 0.15) is 0 Å². The molecule has 1 heterocycles. The first kappa shape index (κ1) is 20.1. The number of carbonyl (C=O) groups excluding carboxylic acids is 2. The molecule has 3 N–H and O–H groups in total. The molecule has 0 aliphatic heterocycles. The zero-order chi connectivity index (χ0) is 21.9. The molecule has 2 amide bonds. The summed E-state index contributed by atoms with van der Waals surface area (Å²) >= 11 is 0. The van der Waals surface area contributed by atoms with Gasteiger partial charge in [-0.3, -0.25) is 9.59 Å². The number of fused-ring (bicyclic) bond motifs is 1. The third-order valence-electron chi connectivity index (χ3n) is 6.03. The first-order valence-electron chi connectivity index (χ1n) is 11.0. The van der Waals surface area contributed by atoms with E-state index >= 15 is 0 Å². The lowest BCUT2D eigenvalue weighted by Gasteiger charge is -2.18. The van der Waals surface area contributed by atoms with E-state index in [-0.39, 0.29) is 23.7 Å². The van der Waals surface area contributed by atoms with Crippen molar-refractivity contribution in [3.05, 3.63) is 102 Å².